The second-order valence-electron chi connectivity index (χ2n) is 5.68. The Hall–Kier alpha value is -1.55. The molecule has 0 atom stereocenters. The van der Waals surface area contributed by atoms with Gasteiger partial charge in [-0.05, 0) is 48.9 Å². The Kier molecular flexibility index (Phi) is 5.36. The van der Waals surface area contributed by atoms with E-state index in [1.54, 1.807) is 19.1 Å². The van der Waals surface area contributed by atoms with Crippen LogP contribution in [-0.4, -0.2) is 29.3 Å². The summed E-state index contributed by atoms with van der Waals surface area (Å²) in [5.41, 5.74) is 2.12. The summed E-state index contributed by atoms with van der Waals surface area (Å²) < 4.78 is 0. The van der Waals surface area contributed by atoms with E-state index in [9.17, 15) is 4.79 Å². The number of nitrogens with one attached hydrogen (secondary N) is 1. The van der Waals surface area contributed by atoms with Crippen molar-refractivity contribution in [1.29, 1.82) is 0 Å². The van der Waals surface area contributed by atoms with Crippen molar-refractivity contribution < 1.29 is 15.0 Å². The van der Waals surface area contributed by atoms with Gasteiger partial charge in [0, 0.05) is 18.8 Å². The van der Waals surface area contributed by atoms with Crippen molar-refractivity contribution in [2.75, 3.05) is 18.5 Å². The van der Waals surface area contributed by atoms with Gasteiger partial charge in [-0.15, -0.1) is 0 Å². The van der Waals surface area contributed by atoms with Crippen LogP contribution in [0.4, 0.5) is 5.69 Å². The van der Waals surface area contributed by atoms with Crippen LogP contribution >= 0.6 is 0 Å². The number of aryl methyl sites for hydroxylation is 1. The molecule has 0 saturated carbocycles. The van der Waals surface area contributed by atoms with E-state index in [2.05, 4.69) is 19.2 Å². The standard InChI is InChI=1S/C15H23NO3/c1-11-9-12(5-6-13(11)14(18)19)16-10-15(2,3)7-4-8-17/h5-6,9,16-17H,4,7-8,10H2,1-3H3,(H,18,19). The van der Waals surface area contributed by atoms with Crippen LogP contribution in [-0.2, 0) is 0 Å². The Bertz CT molecular complexity index is 441. The average Bonchev–Trinajstić information content (AvgIpc) is 2.34. The molecule has 0 aliphatic rings. The topological polar surface area (TPSA) is 69.6 Å². The largest absolute Gasteiger partial charge is 0.478 e. The van der Waals surface area contributed by atoms with E-state index in [-0.39, 0.29) is 12.0 Å². The zero-order valence-corrected chi connectivity index (χ0v) is 11.9. The smallest absolute Gasteiger partial charge is 0.335 e. The quantitative estimate of drug-likeness (QED) is 0.709. The van der Waals surface area contributed by atoms with Gasteiger partial charge >= 0.3 is 5.97 Å². The van der Waals surface area contributed by atoms with Crippen molar-refractivity contribution in [3.05, 3.63) is 29.3 Å². The van der Waals surface area contributed by atoms with Crippen LogP contribution in [0.2, 0.25) is 0 Å². The maximum Gasteiger partial charge on any atom is 0.335 e. The lowest BCUT2D eigenvalue weighted by Crippen LogP contribution is -2.23. The summed E-state index contributed by atoms with van der Waals surface area (Å²) in [6.45, 7) is 7.10. The maximum absolute atomic E-state index is 10.9. The fourth-order valence-corrected chi connectivity index (χ4v) is 2.00. The number of aromatic carboxylic acids is 1. The molecule has 106 valence electrons. The van der Waals surface area contributed by atoms with E-state index in [1.165, 1.54) is 0 Å². The molecule has 1 rings (SSSR count). The van der Waals surface area contributed by atoms with E-state index >= 15 is 0 Å². The number of carboxylic acid groups (broad SMARTS) is 1. The molecule has 4 nitrogen and oxygen atoms in total. The third-order valence-electron chi connectivity index (χ3n) is 3.24. The Morgan fingerprint density at radius 1 is 1.37 bits per heavy atom. The number of carbonyl (C=O) groups is 1. The SMILES string of the molecule is Cc1cc(NCC(C)(C)CCCO)ccc1C(=O)O. The molecule has 3 N–H and O–H groups in total. The number of hydrogen-bond donors (Lipinski definition) is 3. The highest BCUT2D eigenvalue weighted by Crippen LogP contribution is 2.23. The molecule has 0 fully saturated rings. The van der Waals surface area contributed by atoms with Crippen molar-refractivity contribution in [3.63, 3.8) is 0 Å². The van der Waals surface area contributed by atoms with Gasteiger partial charge in [0.2, 0.25) is 0 Å². The van der Waals surface area contributed by atoms with Crippen LogP contribution in [0.1, 0.15) is 42.6 Å². The number of aliphatic hydroxyl groups excluding tert-OH is 1. The van der Waals surface area contributed by atoms with E-state index in [4.69, 9.17) is 10.2 Å². The molecule has 0 bridgehead atoms. The van der Waals surface area contributed by atoms with E-state index in [0.29, 0.717) is 5.56 Å². The minimum atomic E-state index is -0.896. The molecule has 0 aliphatic carbocycles. The Labute approximate surface area is 114 Å². The van der Waals surface area contributed by atoms with Crippen molar-refractivity contribution >= 4 is 11.7 Å². The second kappa shape index (κ2) is 6.57. The molecule has 0 radical (unpaired) electrons. The fraction of sp³-hybridized carbons (Fsp3) is 0.533. The highest BCUT2D eigenvalue weighted by Gasteiger charge is 2.17. The molecule has 1 aromatic rings. The van der Waals surface area contributed by atoms with E-state index in [1.807, 2.05) is 6.07 Å². The Morgan fingerprint density at radius 2 is 2.05 bits per heavy atom. The predicted molar refractivity (Wildman–Crippen MR) is 76.7 cm³/mol. The summed E-state index contributed by atoms with van der Waals surface area (Å²) >= 11 is 0. The Balaban J connectivity index is 2.63. The van der Waals surface area contributed by atoms with Crippen molar-refractivity contribution in [1.82, 2.24) is 0 Å². The van der Waals surface area contributed by atoms with E-state index in [0.717, 1.165) is 30.6 Å². The molecule has 0 aromatic heterocycles. The lowest BCUT2D eigenvalue weighted by molar-refractivity contribution is 0.0696. The first-order chi connectivity index (χ1) is 8.85. The summed E-state index contributed by atoms with van der Waals surface area (Å²) in [6.07, 6.45) is 1.74. The maximum atomic E-state index is 10.9. The number of anilines is 1. The molecular formula is C15H23NO3. The molecule has 0 unspecified atom stereocenters. The molecule has 4 heteroatoms. The highest BCUT2D eigenvalue weighted by molar-refractivity contribution is 5.89. The first-order valence-electron chi connectivity index (χ1n) is 6.54. The lowest BCUT2D eigenvalue weighted by Gasteiger charge is -2.25. The zero-order chi connectivity index (χ0) is 14.5. The van der Waals surface area contributed by atoms with Crippen LogP contribution in [0.15, 0.2) is 18.2 Å². The second-order valence-corrected chi connectivity index (χ2v) is 5.68. The Morgan fingerprint density at radius 3 is 2.58 bits per heavy atom. The lowest BCUT2D eigenvalue weighted by atomic mass is 9.88. The van der Waals surface area contributed by atoms with Crippen molar-refractivity contribution in [2.45, 2.75) is 33.6 Å². The first-order valence-corrected chi connectivity index (χ1v) is 6.54. The van der Waals surface area contributed by atoms with Crippen molar-refractivity contribution in [2.24, 2.45) is 5.41 Å². The van der Waals surface area contributed by atoms with Crippen LogP contribution < -0.4 is 5.32 Å². The molecule has 1 aromatic carbocycles. The number of benzene rings is 1. The van der Waals surface area contributed by atoms with Crippen LogP contribution in [0, 0.1) is 12.3 Å². The van der Waals surface area contributed by atoms with Gasteiger partial charge in [-0.1, -0.05) is 13.8 Å². The van der Waals surface area contributed by atoms with Gasteiger partial charge in [0.1, 0.15) is 0 Å². The third kappa shape index (κ3) is 4.91. The van der Waals surface area contributed by atoms with Gasteiger partial charge in [0.15, 0.2) is 0 Å². The van der Waals surface area contributed by atoms with Gasteiger partial charge in [0.05, 0.1) is 5.56 Å². The average molecular weight is 265 g/mol. The van der Waals surface area contributed by atoms with E-state index < -0.39 is 5.97 Å². The number of aliphatic hydroxyl groups is 1. The summed E-state index contributed by atoms with van der Waals surface area (Å²) in [5.74, 6) is -0.896. The molecule has 0 aliphatic heterocycles. The van der Waals surface area contributed by atoms with Gasteiger partial charge in [0.25, 0.3) is 0 Å². The fourth-order valence-electron chi connectivity index (χ4n) is 2.00. The predicted octanol–water partition coefficient (Wildman–Crippen LogP) is 2.90. The summed E-state index contributed by atoms with van der Waals surface area (Å²) in [6, 6.07) is 5.27. The number of rotatable bonds is 7. The summed E-state index contributed by atoms with van der Waals surface area (Å²) in [4.78, 5) is 10.9. The molecule has 0 saturated heterocycles. The minimum Gasteiger partial charge on any atom is -0.478 e. The van der Waals surface area contributed by atoms with Gasteiger partial charge in [-0.2, -0.15) is 0 Å². The number of hydrogen-bond acceptors (Lipinski definition) is 3. The summed E-state index contributed by atoms with van der Waals surface area (Å²) in [5, 5.41) is 21.2. The first kappa shape index (κ1) is 15.5. The molecule has 0 amide bonds. The van der Waals surface area contributed by atoms with Crippen LogP contribution in [0.3, 0.4) is 0 Å². The zero-order valence-electron chi connectivity index (χ0n) is 11.9. The highest BCUT2D eigenvalue weighted by atomic mass is 16.4. The monoisotopic (exact) mass is 265 g/mol. The molecular weight excluding hydrogens is 242 g/mol. The van der Waals surface area contributed by atoms with Gasteiger partial charge in [-0.3, -0.25) is 0 Å². The van der Waals surface area contributed by atoms with Crippen LogP contribution in [0.5, 0.6) is 0 Å². The van der Waals surface area contributed by atoms with Crippen LogP contribution in [0.25, 0.3) is 0 Å². The summed E-state index contributed by atoms with van der Waals surface area (Å²) in [7, 11) is 0. The minimum absolute atomic E-state index is 0.0993. The van der Waals surface area contributed by atoms with Gasteiger partial charge in [-0.25, -0.2) is 4.79 Å². The third-order valence-corrected chi connectivity index (χ3v) is 3.24. The molecule has 0 spiro atoms. The number of carboxylic acids is 1. The van der Waals surface area contributed by atoms with Crippen molar-refractivity contribution in [3.8, 4) is 0 Å². The molecule has 0 heterocycles. The molecule has 19 heavy (non-hydrogen) atoms. The normalized spacial score (nSPS) is 11.4. The van der Waals surface area contributed by atoms with Gasteiger partial charge < -0.3 is 15.5 Å².